The van der Waals surface area contributed by atoms with Gasteiger partial charge in [0.05, 0.1) is 25.7 Å². The number of quaternary nitrogens is 1. The van der Waals surface area contributed by atoms with Crippen LogP contribution in [0.4, 0.5) is 0 Å². The van der Waals surface area contributed by atoms with Crippen molar-refractivity contribution in [1.29, 1.82) is 0 Å². The van der Waals surface area contributed by atoms with Crippen LogP contribution in [0.15, 0.2) is 12.2 Å². The molecule has 0 aliphatic carbocycles. The first-order valence-corrected chi connectivity index (χ1v) is 8.55. The van der Waals surface area contributed by atoms with Crippen molar-refractivity contribution in [2.75, 3.05) is 26.2 Å². The summed E-state index contributed by atoms with van der Waals surface area (Å²) in [6, 6.07) is -2.20. The molecule has 3 N–H and O–H groups in total. The van der Waals surface area contributed by atoms with Crippen LogP contribution < -0.4 is 29.3 Å². The van der Waals surface area contributed by atoms with Crippen molar-refractivity contribution in [3.63, 3.8) is 0 Å². The number of hydrogen-bond donors (Lipinski definition) is 3. The topological polar surface area (TPSA) is 127 Å². The molecule has 0 rings (SSSR count). The molecule has 0 aliphatic heterocycles. The Morgan fingerprint density at radius 2 is 1.77 bits per heavy atom. The van der Waals surface area contributed by atoms with Gasteiger partial charge >= 0.3 is 24.8 Å². The third kappa shape index (κ3) is 8.37. The summed E-state index contributed by atoms with van der Waals surface area (Å²) in [5, 5.41) is 32.7. The second kappa shape index (κ2) is 13.8. The maximum Gasteiger partial charge on any atom is 1.00 e. The standard InChI is InChI=1S/C17H30N2O6.Li/c1-4-5-6-7-8-15(21)18-9-10-19(11-12-20,13(2)16(22)23)14(3)17(24)25;/h5-6,13-14,20H,4,7-12H2,1-3H3,(H2-,18,21,22,23,24,25);/q;+1/b6-5+;. The quantitative estimate of drug-likeness (QED) is 0.175. The van der Waals surface area contributed by atoms with Gasteiger partial charge in [0.15, 0.2) is 6.04 Å². The van der Waals surface area contributed by atoms with E-state index in [0.717, 1.165) is 6.42 Å². The number of carboxylic acid groups (broad SMARTS) is 2. The van der Waals surface area contributed by atoms with Crippen molar-refractivity contribution in [2.24, 2.45) is 0 Å². The van der Waals surface area contributed by atoms with E-state index < -0.39 is 28.5 Å². The first-order chi connectivity index (χ1) is 11.7. The van der Waals surface area contributed by atoms with Crippen LogP contribution in [0, 0.1) is 0 Å². The Labute approximate surface area is 167 Å². The Bertz CT molecular complexity index is 464. The van der Waals surface area contributed by atoms with Gasteiger partial charge in [-0.05, 0) is 26.7 Å². The van der Waals surface area contributed by atoms with E-state index >= 15 is 0 Å². The Hall–Kier alpha value is -1.33. The SMILES string of the molecule is CC/C=C/CCC(=O)NCC[N+](CCO)(C(C)C(=O)[O-])C(C)C(=O)O.[Li+]. The maximum absolute atomic E-state index is 11.8. The van der Waals surface area contributed by atoms with Gasteiger partial charge in [-0.1, -0.05) is 19.1 Å². The van der Waals surface area contributed by atoms with Gasteiger partial charge < -0.3 is 29.9 Å². The molecule has 0 bridgehead atoms. The van der Waals surface area contributed by atoms with Crippen molar-refractivity contribution in [3.05, 3.63) is 12.2 Å². The van der Waals surface area contributed by atoms with E-state index in [9.17, 15) is 29.7 Å². The average Bonchev–Trinajstić information content (AvgIpc) is 2.56. The molecule has 0 spiro atoms. The Morgan fingerprint density at radius 1 is 1.15 bits per heavy atom. The molecule has 3 unspecified atom stereocenters. The average molecular weight is 365 g/mol. The number of carbonyl (C=O) groups excluding carboxylic acids is 2. The molecule has 0 heterocycles. The smallest absolute Gasteiger partial charge is 0.544 e. The Morgan fingerprint density at radius 3 is 2.23 bits per heavy atom. The summed E-state index contributed by atoms with van der Waals surface area (Å²) >= 11 is 0. The molecular formula is C17H30LiN2O6+. The molecule has 0 radical (unpaired) electrons. The van der Waals surface area contributed by atoms with E-state index in [-0.39, 0.29) is 51.0 Å². The fourth-order valence-electron chi connectivity index (χ4n) is 2.83. The number of rotatable bonds is 13. The number of aliphatic carboxylic acids is 2. The summed E-state index contributed by atoms with van der Waals surface area (Å²) in [5.41, 5.74) is 0. The van der Waals surface area contributed by atoms with Gasteiger partial charge in [0.25, 0.3) is 0 Å². The molecule has 0 saturated heterocycles. The largest absolute Gasteiger partial charge is 1.00 e. The van der Waals surface area contributed by atoms with Crippen LogP contribution in [0.2, 0.25) is 0 Å². The number of amides is 1. The fraction of sp³-hybridized carbons (Fsp3) is 0.706. The minimum Gasteiger partial charge on any atom is -0.544 e. The molecule has 0 aliphatic rings. The minimum atomic E-state index is -1.39. The van der Waals surface area contributed by atoms with Crippen molar-refractivity contribution < 1.29 is 53.0 Å². The third-order valence-electron chi connectivity index (χ3n) is 4.55. The fourth-order valence-corrected chi connectivity index (χ4v) is 2.83. The predicted octanol–water partition coefficient (Wildman–Crippen LogP) is -3.73. The zero-order valence-corrected chi connectivity index (χ0v) is 16.2. The normalized spacial score (nSPS) is 15.5. The number of carbonyl (C=O) groups is 3. The number of hydrogen-bond acceptors (Lipinski definition) is 5. The molecule has 0 fully saturated rings. The van der Waals surface area contributed by atoms with Gasteiger partial charge in [0, 0.05) is 6.42 Å². The van der Waals surface area contributed by atoms with E-state index in [0.29, 0.717) is 12.8 Å². The van der Waals surface area contributed by atoms with E-state index in [1.165, 1.54) is 13.8 Å². The van der Waals surface area contributed by atoms with Crippen LogP contribution in [-0.2, 0) is 14.4 Å². The molecule has 26 heavy (non-hydrogen) atoms. The predicted molar refractivity (Wildman–Crippen MR) is 90.3 cm³/mol. The number of aliphatic hydroxyl groups is 1. The number of allylic oxidation sites excluding steroid dienone is 2. The zero-order chi connectivity index (χ0) is 19.5. The first-order valence-electron chi connectivity index (χ1n) is 8.55. The summed E-state index contributed by atoms with van der Waals surface area (Å²) < 4.78 is -0.399. The Kier molecular flexibility index (Phi) is 14.3. The number of carboxylic acids is 2. The van der Waals surface area contributed by atoms with Gasteiger partial charge in [-0.25, -0.2) is 4.79 Å². The summed E-state index contributed by atoms with van der Waals surface area (Å²) in [6.45, 7) is 4.52. The molecule has 144 valence electrons. The second-order valence-corrected chi connectivity index (χ2v) is 6.05. The summed E-state index contributed by atoms with van der Waals surface area (Å²) in [5.74, 6) is -2.75. The zero-order valence-electron chi connectivity index (χ0n) is 16.2. The van der Waals surface area contributed by atoms with Crippen molar-refractivity contribution >= 4 is 17.8 Å². The number of nitrogens with zero attached hydrogens (tertiary/aromatic N) is 1. The van der Waals surface area contributed by atoms with Crippen molar-refractivity contribution in [2.45, 2.75) is 52.1 Å². The van der Waals surface area contributed by atoms with Crippen LogP contribution >= 0.6 is 0 Å². The van der Waals surface area contributed by atoms with Gasteiger partial charge in [-0.3, -0.25) is 4.79 Å². The van der Waals surface area contributed by atoms with Crippen molar-refractivity contribution in [1.82, 2.24) is 5.32 Å². The maximum atomic E-state index is 11.8. The molecule has 0 saturated carbocycles. The molecule has 0 aromatic carbocycles. The molecule has 3 atom stereocenters. The monoisotopic (exact) mass is 365 g/mol. The molecule has 0 aromatic heterocycles. The number of nitrogens with one attached hydrogen (secondary N) is 1. The van der Waals surface area contributed by atoms with Gasteiger partial charge in [-0.2, -0.15) is 0 Å². The third-order valence-corrected chi connectivity index (χ3v) is 4.55. The minimum absolute atomic E-state index is 0. The van der Waals surface area contributed by atoms with Crippen LogP contribution in [-0.4, -0.2) is 70.9 Å². The van der Waals surface area contributed by atoms with Crippen molar-refractivity contribution in [3.8, 4) is 0 Å². The molecular weight excluding hydrogens is 335 g/mol. The van der Waals surface area contributed by atoms with Crippen LogP contribution in [0.1, 0.15) is 40.0 Å². The van der Waals surface area contributed by atoms with E-state index in [1.807, 2.05) is 19.1 Å². The summed E-state index contributed by atoms with van der Waals surface area (Å²) in [6.07, 6.45) is 5.69. The molecule has 1 amide bonds. The second-order valence-electron chi connectivity index (χ2n) is 6.05. The van der Waals surface area contributed by atoms with E-state index in [2.05, 4.69) is 5.32 Å². The number of aliphatic hydroxyl groups excluding tert-OH is 1. The van der Waals surface area contributed by atoms with Crippen LogP contribution in [0.5, 0.6) is 0 Å². The van der Waals surface area contributed by atoms with Gasteiger partial charge in [0.2, 0.25) is 5.91 Å². The van der Waals surface area contributed by atoms with E-state index in [1.54, 1.807) is 0 Å². The molecule has 9 heteroatoms. The van der Waals surface area contributed by atoms with Gasteiger partial charge in [-0.15, -0.1) is 0 Å². The first kappa shape index (κ1) is 26.9. The molecule has 0 aromatic rings. The molecule has 8 nitrogen and oxygen atoms in total. The summed E-state index contributed by atoms with van der Waals surface area (Å²) in [4.78, 5) is 34.6. The van der Waals surface area contributed by atoms with E-state index in [4.69, 9.17) is 0 Å². The summed E-state index contributed by atoms with van der Waals surface area (Å²) in [7, 11) is 0. The van der Waals surface area contributed by atoms with Gasteiger partial charge in [0.1, 0.15) is 12.6 Å². The van der Waals surface area contributed by atoms with Crippen LogP contribution in [0.3, 0.4) is 0 Å². The van der Waals surface area contributed by atoms with Crippen LogP contribution in [0.25, 0.3) is 0 Å². The Balaban J connectivity index is 0.